The molecule has 0 saturated carbocycles. The number of hydrogen-bond acceptors (Lipinski definition) is 1. The molecule has 0 aromatic carbocycles. The molecule has 2 nitrogen and oxygen atoms in total. The van der Waals surface area contributed by atoms with Crippen molar-refractivity contribution in [1.29, 1.82) is 0 Å². The van der Waals surface area contributed by atoms with Crippen molar-refractivity contribution < 1.29 is 4.39 Å². The molecule has 1 radical (unpaired) electrons. The topological polar surface area (TPSA) is 17.8 Å². The highest BCUT2D eigenvalue weighted by atomic mass is 19.1. The molecule has 0 atom stereocenters. The van der Waals surface area contributed by atoms with Crippen LogP contribution < -0.4 is 0 Å². The first-order valence-electron chi connectivity index (χ1n) is 1.86. The molecule has 1 rings (SSSR count). The Bertz CT molecular complexity index is 142. The van der Waals surface area contributed by atoms with Crippen molar-refractivity contribution in [2.24, 2.45) is 7.05 Å². The molecule has 0 aliphatic carbocycles. The molecular formula is C4H4FN2. The molecular weight excluding hydrogens is 95.1 g/mol. The van der Waals surface area contributed by atoms with Crippen LogP contribution in [-0.4, -0.2) is 9.78 Å². The summed E-state index contributed by atoms with van der Waals surface area (Å²) in [6.45, 7) is 0. The summed E-state index contributed by atoms with van der Waals surface area (Å²) in [5.41, 5.74) is 0. The Labute approximate surface area is 40.6 Å². The number of rotatable bonds is 0. The highest BCUT2D eigenvalue weighted by Crippen LogP contribution is 1.87. The van der Waals surface area contributed by atoms with Crippen molar-refractivity contribution >= 4 is 0 Å². The predicted molar refractivity (Wildman–Crippen MR) is 22.0 cm³/mol. The van der Waals surface area contributed by atoms with Crippen molar-refractivity contribution in [2.45, 2.75) is 0 Å². The zero-order chi connectivity index (χ0) is 5.28. The maximum atomic E-state index is 11.9. The predicted octanol–water partition coefficient (Wildman–Crippen LogP) is 0.359. The van der Waals surface area contributed by atoms with E-state index in [0.29, 0.717) is 0 Å². The number of halogens is 1. The van der Waals surface area contributed by atoms with Gasteiger partial charge in [0, 0.05) is 7.05 Å². The average molecular weight is 99.1 g/mol. The summed E-state index contributed by atoms with van der Waals surface area (Å²) in [6, 6.07) is 2.25. The lowest BCUT2D eigenvalue weighted by Gasteiger charge is -1.82. The first-order chi connectivity index (χ1) is 3.30. The van der Waals surface area contributed by atoms with Crippen LogP contribution in [0.5, 0.6) is 0 Å². The van der Waals surface area contributed by atoms with Gasteiger partial charge in [-0.1, -0.05) is 0 Å². The van der Waals surface area contributed by atoms with Crippen LogP contribution >= 0.6 is 0 Å². The van der Waals surface area contributed by atoms with Gasteiger partial charge in [0.25, 0.3) is 0 Å². The second kappa shape index (κ2) is 1.33. The van der Waals surface area contributed by atoms with Gasteiger partial charge in [0.1, 0.15) is 0 Å². The smallest absolute Gasteiger partial charge is 0.219 e. The molecule has 0 aliphatic heterocycles. The molecule has 1 aromatic heterocycles. The number of aromatic nitrogens is 2. The van der Waals surface area contributed by atoms with Crippen LogP contribution in [-0.2, 0) is 7.05 Å². The van der Waals surface area contributed by atoms with E-state index < -0.39 is 5.95 Å². The minimum Gasteiger partial charge on any atom is -0.242 e. The Hall–Kier alpha value is -0.860. The Balaban J connectivity index is 3.12. The minimum atomic E-state index is -0.431. The molecule has 1 heterocycles. The molecule has 0 bridgehead atoms. The minimum absolute atomic E-state index is 0.431. The zero-order valence-electron chi connectivity index (χ0n) is 3.85. The normalized spacial score (nSPS) is 9.43. The molecule has 0 amide bonds. The fraction of sp³-hybridized carbons (Fsp3) is 0.250. The molecule has 3 heteroatoms. The first kappa shape index (κ1) is 4.30. The van der Waals surface area contributed by atoms with E-state index in [0.717, 1.165) is 4.68 Å². The Morgan fingerprint density at radius 1 is 2.00 bits per heavy atom. The lowest BCUT2D eigenvalue weighted by Crippen LogP contribution is -1.91. The van der Waals surface area contributed by atoms with Gasteiger partial charge in [0.2, 0.25) is 5.95 Å². The van der Waals surface area contributed by atoms with Gasteiger partial charge in [0.15, 0.2) is 0 Å². The highest BCUT2D eigenvalue weighted by molar-refractivity contribution is 4.77. The second-order valence-electron chi connectivity index (χ2n) is 1.20. The molecule has 0 saturated heterocycles. The maximum Gasteiger partial charge on any atom is 0.219 e. The molecule has 0 N–H and O–H groups in total. The average Bonchev–Trinajstić information content (AvgIpc) is 1.91. The second-order valence-corrected chi connectivity index (χ2v) is 1.20. The molecule has 0 aliphatic rings. The van der Waals surface area contributed by atoms with E-state index in [1.54, 1.807) is 0 Å². The standard InChI is InChI=1S/C4H4FN2/c1-7-4(5)2-3-6-7/h3H,1H3. The summed E-state index contributed by atoms with van der Waals surface area (Å²) >= 11 is 0. The lowest BCUT2D eigenvalue weighted by atomic mass is 10.7. The van der Waals surface area contributed by atoms with Crippen LogP contribution in [0.15, 0.2) is 6.20 Å². The van der Waals surface area contributed by atoms with Crippen LogP contribution in [0, 0.1) is 12.0 Å². The summed E-state index contributed by atoms with van der Waals surface area (Å²) in [4.78, 5) is 0. The van der Waals surface area contributed by atoms with E-state index in [9.17, 15) is 4.39 Å². The lowest BCUT2D eigenvalue weighted by molar-refractivity contribution is 0.502. The van der Waals surface area contributed by atoms with E-state index in [1.807, 2.05) is 0 Å². The van der Waals surface area contributed by atoms with Gasteiger partial charge in [-0.15, -0.1) is 0 Å². The quantitative estimate of drug-likeness (QED) is 0.459. The molecule has 7 heavy (non-hydrogen) atoms. The Kier molecular flexibility index (Phi) is 0.817. The first-order valence-corrected chi connectivity index (χ1v) is 1.86. The summed E-state index contributed by atoms with van der Waals surface area (Å²) < 4.78 is 13.0. The maximum absolute atomic E-state index is 11.9. The van der Waals surface area contributed by atoms with Crippen molar-refractivity contribution in [3.63, 3.8) is 0 Å². The summed E-state index contributed by atoms with van der Waals surface area (Å²) in [7, 11) is 1.52. The van der Waals surface area contributed by atoms with Crippen LogP contribution in [0.25, 0.3) is 0 Å². The van der Waals surface area contributed by atoms with E-state index in [2.05, 4.69) is 11.2 Å². The van der Waals surface area contributed by atoms with Crippen molar-refractivity contribution in [2.75, 3.05) is 0 Å². The number of hydrogen-bond donors (Lipinski definition) is 0. The third-order valence-electron chi connectivity index (χ3n) is 0.699. The fourth-order valence-corrected chi connectivity index (χ4v) is 0.313. The third-order valence-corrected chi connectivity index (χ3v) is 0.699. The van der Waals surface area contributed by atoms with Crippen molar-refractivity contribution in [3.05, 3.63) is 18.2 Å². The van der Waals surface area contributed by atoms with Gasteiger partial charge in [-0.3, -0.25) is 0 Å². The molecule has 0 fully saturated rings. The fourth-order valence-electron chi connectivity index (χ4n) is 0.313. The Morgan fingerprint density at radius 3 is 2.86 bits per heavy atom. The number of aryl methyl sites for hydroxylation is 1. The molecule has 37 valence electrons. The summed E-state index contributed by atoms with van der Waals surface area (Å²) in [5.74, 6) is -0.431. The van der Waals surface area contributed by atoms with E-state index in [-0.39, 0.29) is 0 Å². The van der Waals surface area contributed by atoms with Crippen molar-refractivity contribution in [3.8, 4) is 0 Å². The van der Waals surface area contributed by atoms with Gasteiger partial charge in [-0.05, 0) is 0 Å². The van der Waals surface area contributed by atoms with Gasteiger partial charge >= 0.3 is 0 Å². The largest absolute Gasteiger partial charge is 0.242 e. The Morgan fingerprint density at radius 2 is 2.71 bits per heavy atom. The highest BCUT2D eigenvalue weighted by Gasteiger charge is 1.90. The zero-order valence-corrected chi connectivity index (χ0v) is 3.85. The van der Waals surface area contributed by atoms with Crippen LogP contribution in [0.4, 0.5) is 4.39 Å². The van der Waals surface area contributed by atoms with E-state index in [4.69, 9.17) is 0 Å². The summed E-state index contributed by atoms with van der Waals surface area (Å²) in [6.07, 6.45) is 1.29. The molecule has 0 unspecified atom stereocenters. The third kappa shape index (κ3) is 0.607. The van der Waals surface area contributed by atoms with E-state index in [1.165, 1.54) is 13.2 Å². The SMILES string of the molecule is Cn1nc[c]c1F. The molecule has 0 spiro atoms. The van der Waals surface area contributed by atoms with Gasteiger partial charge in [0.05, 0.1) is 12.3 Å². The number of nitrogens with zero attached hydrogens (tertiary/aromatic N) is 2. The van der Waals surface area contributed by atoms with Crippen molar-refractivity contribution in [1.82, 2.24) is 9.78 Å². The van der Waals surface area contributed by atoms with Crippen LogP contribution in [0.2, 0.25) is 0 Å². The molecule has 1 aromatic rings. The van der Waals surface area contributed by atoms with E-state index >= 15 is 0 Å². The van der Waals surface area contributed by atoms with Gasteiger partial charge in [-0.2, -0.15) is 9.49 Å². The van der Waals surface area contributed by atoms with Crippen LogP contribution in [0.3, 0.4) is 0 Å². The summed E-state index contributed by atoms with van der Waals surface area (Å²) in [5, 5.41) is 3.50. The monoisotopic (exact) mass is 99.0 g/mol. The van der Waals surface area contributed by atoms with Crippen LogP contribution in [0.1, 0.15) is 0 Å². The van der Waals surface area contributed by atoms with Gasteiger partial charge in [-0.25, -0.2) is 4.68 Å². The van der Waals surface area contributed by atoms with Gasteiger partial charge < -0.3 is 0 Å².